The number of hydrogen-bond donors (Lipinski definition) is 2. The maximum absolute atomic E-state index is 12.6. The van der Waals surface area contributed by atoms with E-state index in [4.69, 9.17) is 10.1 Å². The zero-order valence-electron chi connectivity index (χ0n) is 12.6. The highest BCUT2D eigenvalue weighted by molar-refractivity contribution is 9.10. The molecule has 1 aliphatic heterocycles. The van der Waals surface area contributed by atoms with Gasteiger partial charge < -0.3 is 9.84 Å². The summed E-state index contributed by atoms with van der Waals surface area (Å²) in [6.45, 7) is 2.25. The van der Waals surface area contributed by atoms with Crippen LogP contribution in [-0.2, 0) is 4.79 Å². The Morgan fingerprint density at radius 2 is 2.29 bits per heavy atom. The molecule has 1 saturated heterocycles. The normalized spacial score (nSPS) is 19.2. The molecule has 2 aromatic rings. The molecule has 0 bridgehead atoms. The number of carbonyl (C=O) groups is 1. The summed E-state index contributed by atoms with van der Waals surface area (Å²) in [6, 6.07) is 3.38. The van der Waals surface area contributed by atoms with Gasteiger partial charge in [-0.25, -0.2) is 4.98 Å². The Labute approximate surface area is 155 Å². The minimum absolute atomic E-state index is 0.0257. The molecule has 24 heavy (non-hydrogen) atoms. The first kappa shape index (κ1) is 17.2. The molecule has 8 heteroatoms. The molecular formula is C16H13BrN2O3S2. The van der Waals surface area contributed by atoms with Crippen LogP contribution in [0.3, 0.4) is 0 Å². The molecule has 5 nitrogen and oxygen atoms in total. The average molecular weight is 425 g/mol. The summed E-state index contributed by atoms with van der Waals surface area (Å²) in [5.41, 5.74) is 0.714. The van der Waals surface area contributed by atoms with E-state index in [0.29, 0.717) is 32.3 Å². The molecule has 0 aliphatic carbocycles. The topological polar surface area (TPSA) is 83.3 Å². The van der Waals surface area contributed by atoms with Gasteiger partial charge in [-0.15, -0.1) is 11.3 Å². The van der Waals surface area contributed by atoms with Crippen molar-refractivity contribution in [2.24, 2.45) is 0 Å². The van der Waals surface area contributed by atoms with Crippen molar-refractivity contribution in [2.45, 2.75) is 12.8 Å². The summed E-state index contributed by atoms with van der Waals surface area (Å²) in [5, 5.41) is 20.8. The van der Waals surface area contributed by atoms with Crippen molar-refractivity contribution in [3.63, 3.8) is 0 Å². The number of aromatic nitrogens is 1. The fourth-order valence-electron chi connectivity index (χ4n) is 2.28. The Morgan fingerprint density at radius 1 is 1.50 bits per heavy atom. The average Bonchev–Trinajstić information content (AvgIpc) is 3.13. The lowest BCUT2D eigenvalue weighted by atomic mass is 10.0. The van der Waals surface area contributed by atoms with Crippen molar-refractivity contribution in [3.05, 3.63) is 43.7 Å². The van der Waals surface area contributed by atoms with Gasteiger partial charge >= 0.3 is 0 Å². The van der Waals surface area contributed by atoms with Crippen molar-refractivity contribution >= 4 is 55.9 Å². The first-order valence-electron chi connectivity index (χ1n) is 7.08. The molecule has 1 atom stereocenters. The Bertz CT molecular complexity index is 834. The highest BCUT2D eigenvalue weighted by Gasteiger charge is 2.38. The van der Waals surface area contributed by atoms with Crippen LogP contribution in [0.15, 0.2) is 33.1 Å². The molecule has 1 aromatic heterocycles. The number of halogens is 1. The summed E-state index contributed by atoms with van der Waals surface area (Å²) in [4.78, 5) is 17.3. The van der Waals surface area contributed by atoms with Gasteiger partial charge in [-0.1, -0.05) is 11.8 Å². The Kier molecular flexibility index (Phi) is 5.07. The van der Waals surface area contributed by atoms with Gasteiger partial charge in [0.25, 0.3) is 0 Å². The van der Waals surface area contributed by atoms with E-state index in [1.165, 1.54) is 11.3 Å². The van der Waals surface area contributed by atoms with Crippen molar-refractivity contribution in [2.75, 3.05) is 6.61 Å². The summed E-state index contributed by atoms with van der Waals surface area (Å²) in [5.74, 6) is -0.353. The molecule has 1 fully saturated rings. The van der Waals surface area contributed by atoms with Gasteiger partial charge in [0.15, 0.2) is 17.3 Å². The number of phenols is 1. The third-order valence-electron chi connectivity index (χ3n) is 3.33. The number of nitrogens with zero attached hydrogens (tertiary/aromatic N) is 1. The van der Waals surface area contributed by atoms with Crippen LogP contribution in [0.2, 0.25) is 0 Å². The van der Waals surface area contributed by atoms with E-state index >= 15 is 0 Å². The van der Waals surface area contributed by atoms with E-state index in [9.17, 15) is 9.90 Å². The standard InChI is InChI=1S/C16H13BrN2O3S2/c1-2-22-10-6-8(5-9(17)13(10)20)7-11-14(21)12(15(18)24-11)16-19-3-4-23-16/h3-7,12,18,20H,2H2,1H3. The van der Waals surface area contributed by atoms with E-state index in [1.54, 1.807) is 29.8 Å². The number of carbonyl (C=O) groups excluding carboxylic acids is 1. The van der Waals surface area contributed by atoms with E-state index < -0.39 is 5.92 Å². The lowest BCUT2D eigenvalue weighted by Crippen LogP contribution is -2.11. The first-order valence-corrected chi connectivity index (χ1v) is 9.57. The highest BCUT2D eigenvalue weighted by Crippen LogP contribution is 2.42. The molecule has 0 radical (unpaired) electrons. The Hall–Kier alpha value is -1.64. The predicted octanol–water partition coefficient (Wildman–Crippen LogP) is 4.43. The molecule has 3 rings (SSSR count). The van der Waals surface area contributed by atoms with Crippen molar-refractivity contribution in [1.82, 2.24) is 4.98 Å². The number of benzene rings is 1. The first-order chi connectivity index (χ1) is 11.5. The fraction of sp³-hybridized carbons (Fsp3) is 0.188. The molecule has 0 saturated carbocycles. The molecule has 2 heterocycles. The van der Waals surface area contributed by atoms with Crippen molar-refractivity contribution in [3.8, 4) is 11.5 Å². The molecule has 1 aliphatic rings. The van der Waals surface area contributed by atoms with Crippen LogP contribution in [-0.4, -0.2) is 27.5 Å². The van der Waals surface area contributed by atoms with Crippen LogP contribution in [0, 0.1) is 5.41 Å². The smallest absolute Gasteiger partial charge is 0.186 e. The second-order valence-corrected chi connectivity index (χ2v) is 7.79. The summed E-state index contributed by atoms with van der Waals surface area (Å²) >= 11 is 5.81. The van der Waals surface area contributed by atoms with Gasteiger partial charge in [0.2, 0.25) is 0 Å². The maximum atomic E-state index is 12.6. The highest BCUT2D eigenvalue weighted by atomic mass is 79.9. The zero-order chi connectivity index (χ0) is 17.3. The number of hydrogen-bond acceptors (Lipinski definition) is 7. The number of thiazole rings is 1. The third kappa shape index (κ3) is 3.26. The lowest BCUT2D eigenvalue weighted by Gasteiger charge is -2.09. The molecule has 0 amide bonds. The largest absolute Gasteiger partial charge is 0.503 e. The number of aromatic hydroxyl groups is 1. The minimum Gasteiger partial charge on any atom is -0.503 e. The number of phenolic OH excluding ortho intramolecular Hbond substituents is 1. The summed E-state index contributed by atoms with van der Waals surface area (Å²) in [7, 11) is 0. The number of thioether (sulfide) groups is 1. The number of ketones is 1. The minimum atomic E-state index is -0.604. The second kappa shape index (κ2) is 7.08. The zero-order valence-corrected chi connectivity index (χ0v) is 15.8. The van der Waals surface area contributed by atoms with Crippen LogP contribution in [0.25, 0.3) is 6.08 Å². The van der Waals surface area contributed by atoms with Crippen molar-refractivity contribution < 1.29 is 14.6 Å². The number of ether oxygens (including phenoxy) is 1. The molecule has 0 spiro atoms. The third-order valence-corrected chi connectivity index (χ3v) is 5.77. The van der Waals surface area contributed by atoms with Crippen LogP contribution in [0.5, 0.6) is 11.5 Å². The lowest BCUT2D eigenvalue weighted by molar-refractivity contribution is -0.114. The Morgan fingerprint density at radius 3 is 2.96 bits per heavy atom. The molecule has 1 aromatic carbocycles. The predicted molar refractivity (Wildman–Crippen MR) is 100 cm³/mol. The number of nitrogens with one attached hydrogen (secondary N) is 1. The van der Waals surface area contributed by atoms with Crippen LogP contribution in [0.4, 0.5) is 0 Å². The van der Waals surface area contributed by atoms with Crippen LogP contribution in [0.1, 0.15) is 23.4 Å². The number of allylic oxidation sites excluding steroid dienone is 1. The van der Waals surface area contributed by atoms with E-state index in [-0.39, 0.29) is 16.6 Å². The van der Waals surface area contributed by atoms with Crippen LogP contribution >= 0.6 is 39.0 Å². The van der Waals surface area contributed by atoms with Gasteiger partial charge in [-0.3, -0.25) is 10.2 Å². The summed E-state index contributed by atoms with van der Waals surface area (Å²) in [6.07, 6.45) is 3.35. The number of rotatable bonds is 4. The second-order valence-electron chi connectivity index (χ2n) is 4.92. The monoisotopic (exact) mass is 424 g/mol. The van der Waals surface area contributed by atoms with Crippen LogP contribution < -0.4 is 4.74 Å². The maximum Gasteiger partial charge on any atom is 0.186 e. The van der Waals surface area contributed by atoms with Gasteiger partial charge in [0, 0.05) is 11.6 Å². The van der Waals surface area contributed by atoms with Crippen molar-refractivity contribution in [1.29, 1.82) is 5.41 Å². The van der Waals surface area contributed by atoms with E-state index in [1.807, 2.05) is 6.92 Å². The molecule has 2 N–H and O–H groups in total. The molecule has 124 valence electrons. The van der Waals surface area contributed by atoms with Gasteiger partial charge in [0.05, 0.1) is 21.0 Å². The summed E-state index contributed by atoms with van der Waals surface area (Å²) < 4.78 is 5.89. The van der Waals surface area contributed by atoms with E-state index in [2.05, 4.69) is 20.9 Å². The quantitative estimate of drug-likeness (QED) is 0.709. The van der Waals surface area contributed by atoms with Gasteiger partial charge in [-0.2, -0.15) is 0 Å². The fourth-order valence-corrected chi connectivity index (χ4v) is 4.55. The molecular weight excluding hydrogens is 412 g/mol. The van der Waals surface area contributed by atoms with E-state index in [0.717, 1.165) is 11.8 Å². The number of Topliss-reactive ketones (excluding diaryl/α,β-unsaturated/α-hetero) is 1. The molecule has 1 unspecified atom stereocenters. The van der Waals surface area contributed by atoms with Gasteiger partial charge in [0.1, 0.15) is 10.9 Å². The van der Waals surface area contributed by atoms with Gasteiger partial charge in [-0.05, 0) is 46.6 Å². The Balaban J connectivity index is 1.95. The SMILES string of the molecule is CCOc1cc(C=C2SC(=N)C(c3nccs3)C2=O)cc(Br)c1O.